The molecule has 0 aromatic heterocycles. The molecule has 1 rings (SSSR count). The van der Waals surface area contributed by atoms with E-state index in [1.165, 1.54) is 32.1 Å². The maximum absolute atomic E-state index is 8.58. The molecule has 60 valence electrons. The Balaban J connectivity index is 0.000000236. The number of rotatable bonds is 0. The van der Waals surface area contributed by atoms with E-state index in [0.29, 0.717) is 0 Å². The average molecular weight is 143 g/mol. The standard InChI is InChI=1S/C7H14.CH3NO/c1-7-5-3-2-4-6-7;2-1-3/h7H,2-6H2,1H3;1H,(H2,2,3). The SMILES string of the molecule is CC1CCCCC1.NC=O. The van der Waals surface area contributed by atoms with Crippen LogP contribution in [-0.2, 0) is 4.79 Å². The van der Waals surface area contributed by atoms with Crippen LogP contribution < -0.4 is 5.73 Å². The Morgan fingerprint density at radius 2 is 1.70 bits per heavy atom. The number of nitrogens with two attached hydrogens (primary N) is 1. The van der Waals surface area contributed by atoms with Gasteiger partial charge in [0.05, 0.1) is 0 Å². The first-order valence-electron chi connectivity index (χ1n) is 3.96. The van der Waals surface area contributed by atoms with Gasteiger partial charge in [0, 0.05) is 0 Å². The molecule has 0 saturated heterocycles. The Hall–Kier alpha value is -0.530. The molecular formula is C8H17NO. The van der Waals surface area contributed by atoms with Crippen molar-refractivity contribution in [2.75, 3.05) is 0 Å². The molecule has 1 amide bonds. The summed E-state index contributed by atoms with van der Waals surface area (Å²) in [4.78, 5) is 8.58. The molecule has 0 bridgehead atoms. The summed E-state index contributed by atoms with van der Waals surface area (Å²) in [5.74, 6) is 1.04. The zero-order chi connectivity index (χ0) is 7.82. The van der Waals surface area contributed by atoms with Gasteiger partial charge in [-0.25, -0.2) is 0 Å². The number of carbonyl (C=O) groups is 1. The normalized spacial score (nSPS) is 18.9. The minimum absolute atomic E-state index is 0.250. The van der Waals surface area contributed by atoms with Crippen LogP contribution in [0.3, 0.4) is 0 Å². The van der Waals surface area contributed by atoms with Gasteiger partial charge in [-0.15, -0.1) is 0 Å². The third-order valence-electron chi connectivity index (χ3n) is 1.89. The first-order chi connectivity index (χ1) is 4.81. The lowest BCUT2D eigenvalue weighted by Gasteiger charge is -2.15. The fourth-order valence-corrected chi connectivity index (χ4v) is 1.31. The predicted octanol–water partition coefficient (Wildman–Crippen LogP) is 1.69. The Labute approximate surface area is 62.8 Å². The molecule has 0 aromatic rings. The molecule has 1 saturated carbocycles. The van der Waals surface area contributed by atoms with Gasteiger partial charge >= 0.3 is 0 Å². The molecule has 0 atom stereocenters. The van der Waals surface area contributed by atoms with Gasteiger partial charge in [0.1, 0.15) is 0 Å². The lowest BCUT2D eigenvalue weighted by Crippen LogP contribution is -1.99. The highest BCUT2D eigenvalue weighted by Gasteiger charge is 2.05. The largest absolute Gasteiger partial charge is 0.372 e. The molecule has 0 unspecified atom stereocenters. The quantitative estimate of drug-likeness (QED) is 0.515. The van der Waals surface area contributed by atoms with E-state index in [2.05, 4.69) is 12.7 Å². The van der Waals surface area contributed by atoms with Gasteiger partial charge in [-0.1, -0.05) is 39.0 Å². The van der Waals surface area contributed by atoms with Crippen molar-refractivity contribution in [1.29, 1.82) is 0 Å². The Bertz CT molecular complexity index is 77.3. The molecule has 1 aliphatic rings. The third kappa shape index (κ3) is 5.60. The van der Waals surface area contributed by atoms with Crippen LogP contribution in [0.15, 0.2) is 0 Å². The van der Waals surface area contributed by atoms with Crippen molar-refractivity contribution in [2.45, 2.75) is 39.0 Å². The second-order valence-electron chi connectivity index (χ2n) is 2.88. The van der Waals surface area contributed by atoms with Crippen molar-refractivity contribution in [1.82, 2.24) is 0 Å². The molecule has 2 N–H and O–H groups in total. The third-order valence-corrected chi connectivity index (χ3v) is 1.89. The molecule has 0 aliphatic heterocycles. The van der Waals surface area contributed by atoms with Crippen molar-refractivity contribution >= 4 is 6.41 Å². The van der Waals surface area contributed by atoms with Crippen molar-refractivity contribution in [3.05, 3.63) is 0 Å². The smallest absolute Gasteiger partial charge is 0.204 e. The molecule has 1 aliphatic carbocycles. The van der Waals surface area contributed by atoms with E-state index in [1.54, 1.807) is 0 Å². The topological polar surface area (TPSA) is 43.1 Å². The molecule has 0 aromatic carbocycles. The summed E-state index contributed by atoms with van der Waals surface area (Å²) in [5, 5.41) is 0. The molecule has 0 radical (unpaired) electrons. The van der Waals surface area contributed by atoms with Crippen LogP contribution in [-0.4, -0.2) is 6.41 Å². The number of amides is 1. The highest BCUT2D eigenvalue weighted by Crippen LogP contribution is 2.21. The summed E-state index contributed by atoms with van der Waals surface area (Å²) >= 11 is 0. The minimum Gasteiger partial charge on any atom is -0.372 e. The number of carbonyl (C=O) groups excluding carboxylic acids is 1. The maximum Gasteiger partial charge on any atom is 0.204 e. The zero-order valence-corrected chi connectivity index (χ0v) is 6.68. The monoisotopic (exact) mass is 143 g/mol. The van der Waals surface area contributed by atoms with E-state index in [9.17, 15) is 0 Å². The Morgan fingerprint density at radius 1 is 1.30 bits per heavy atom. The van der Waals surface area contributed by atoms with E-state index in [4.69, 9.17) is 4.79 Å². The van der Waals surface area contributed by atoms with Crippen molar-refractivity contribution in [3.63, 3.8) is 0 Å². The van der Waals surface area contributed by atoms with E-state index < -0.39 is 0 Å². The Morgan fingerprint density at radius 3 is 1.90 bits per heavy atom. The lowest BCUT2D eigenvalue weighted by atomic mass is 9.91. The van der Waals surface area contributed by atoms with Crippen LogP contribution in [0.5, 0.6) is 0 Å². The Kier molecular flexibility index (Phi) is 6.24. The number of hydrogen-bond donors (Lipinski definition) is 1. The maximum atomic E-state index is 8.58. The van der Waals surface area contributed by atoms with E-state index in [0.717, 1.165) is 5.92 Å². The summed E-state index contributed by atoms with van der Waals surface area (Å²) in [6.07, 6.45) is 7.69. The highest BCUT2D eigenvalue weighted by atomic mass is 16.1. The van der Waals surface area contributed by atoms with E-state index in [-0.39, 0.29) is 6.41 Å². The van der Waals surface area contributed by atoms with Crippen molar-refractivity contribution in [3.8, 4) is 0 Å². The minimum atomic E-state index is 0.250. The first kappa shape index (κ1) is 9.47. The van der Waals surface area contributed by atoms with Gasteiger partial charge in [-0.2, -0.15) is 0 Å². The van der Waals surface area contributed by atoms with Crippen molar-refractivity contribution < 1.29 is 4.79 Å². The van der Waals surface area contributed by atoms with Gasteiger partial charge < -0.3 is 5.73 Å². The molecule has 1 fully saturated rings. The average Bonchev–Trinajstić information content (AvgIpc) is 1.91. The zero-order valence-electron chi connectivity index (χ0n) is 6.68. The van der Waals surface area contributed by atoms with Crippen LogP contribution in [0, 0.1) is 5.92 Å². The van der Waals surface area contributed by atoms with Crippen molar-refractivity contribution in [2.24, 2.45) is 11.7 Å². The molecule has 0 spiro atoms. The van der Waals surface area contributed by atoms with Crippen LogP contribution in [0.1, 0.15) is 39.0 Å². The van der Waals surface area contributed by atoms with Gasteiger partial charge in [0.25, 0.3) is 0 Å². The summed E-state index contributed by atoms with van der Waals surface area (Å²) in [7, 11) is 0. The molecular weight excluding hydrogens is 126 g/mol. The molecule has 2 heteroatoms. The predicted molar refractivity (Wildman–Crippen MR) is 42.5 cm³/mol. The summed E-state index contributed by atoms with van der Waals surface area (Å²) in [6.45, 7) is 2.36. The number of primary amides is 1. The van der Waals surface area contributed by atoms with Gasteiger partial charge in [0.2, 0.25) is 6.41 Å². The summed E-state index contributed by atoms with van der Waals surface area (Å²) < 4.78 is 0. The molecule has 2 nitrogen and oxygen atoms in total. The van der Waals surface area contributed by atoms with E-state index >= 15 is 0 Å². The van der Waals surface area contributed by atoms with Crippen LogP contribution in [0.4, 0.5) is 0 Å². The second kappa shape index (κ2) is 6.59. The summed E-state index contributed by atoms with van der Waals surface area (Å²) in [6, 6.07) is 0. The molecule has 0 heterocycles. The van der Waals surface area contributed by atoms with Crippen LogP contribution in [0.25, 0.3) is 0 Å². The van der Waals surface area contributed by atoms with Gasteiger partial charge in [-0.3, -0.25) is 4.79 Å². The number of hydrogen-bond acceptors (Lipinski definition) is 1. The van der Waals surface area contributed by atoms with Crippen LogP contribution in [0.2, 0.25) is 0 Å². The van der Waals surface area contributed by atoms with Crippen LogP contribution >= 0.6 is 0 Å². The van der Waals surface area contributed by atoms with E-state index in [1.807, 2.05) is 0 Å². The highest BCUT2D eigenvalue weighted by molar-refractivity contribution is 5.42. The fourth-order valence-electron chi connectivity index (χ4n) is 1.31. The fraction of sp³-hybridized carbons (Fsp3) is 0.875. The lowest BCUT2D eigenvalue weighted by molar-refractivity contribution is -0.106. The molecule has 10 heavy (non-hydrogen) atoms. The summed E-state index contributed by atoms with van der Waals surface area (Å²) in [5.41, 5.74) is 4.17. The second-order valence-corrected chi connectivity index (χ2v) is 2.88. The van der Waals surface area contributed by atoms with Gasteiger partial charge in [0.15, 0.2) is 0 Å². The first-order valence-corrected chi connectivity index (χ1v) is 3.96. The van der Waals surface area contributed by atoms with Gasteiger partial charge in [-0.05, 0) is 5.92 Å².